The molecule has 112 valence electrons. The topological polar surface area (TPSA) is 64.4 Å². The number of para-hydroxylation sites is 1. The summed E-state index contributed by atoms with van der Waals surface area (Å²) in [6, 6.07) is 5.60. The molecule has 0 amide bonds. The maximum Gasteiger partial charge on any atom is 0.216 e. The number of hydrogen-bond acceptors (Lipinski definition) is 5. The largest absolute Gasteiger partial charge is 0.493 e. The van der Waals surface area contributed by atoms with Gasteiger partial charge in [-0.15, -0.1) is 0 Å². The summed E-state index contributed by atoms with van der Waals surface area (Å²) in [5, 5.41) is 11.3. The molecule has 1 aromatic carbocycles. The zero-order chi connectivity index (χ0) is 15.4. The van der Waals surface area contributed by atoms with Crippen LogP contribution >= 0.6 is 12.2 Å². The lowest BCUT2D eigenvalue weighted by Gasteiger charge is -2.09. The lowest BCUT2D eigenvalue weighted by molar-refractivity contribution is 0.354. The third kappa shape index (κ3) is 3.13. The molecule has 0 unspecified atom stereocenters. The molecule has 0 saturated heterocycles. The SMILES string of the molecule is COc1cccc(/C=N\n2c(C(C)C)n[nH]c2=S)c1OC. The number of hydrogen-bond donors (Lipinski definition) is 1. The number of benzene rings is 1. The number of nitrogens with one attached hydrogen (secondary N) is 1. The fourth-order valence-corrected chi connectivity index (χ4v) is 2.11. The summed E-state index contributed by atoms with van der Waals surface area (Å²) in [6.07, 6.45) is 1.68. The monoisotopic (exact) mass is 306 g/mol. The minimum absolute atomic E-state index is 0.210. The molecule has 0 saturated carbocycles. The Bertz CT molecular complexity index is 703. The van der Waals surface area contributed by atoms with Gasteiger partial charge in [0.25, 0.3) is 0 Å². The lowest BCUT2D eigenvalue weighted by atomic mass is 10.2. The molecule has 0 aliphatic carbocycles. The van der Waals surface area contributed by atoms with Crippen molar-refractivity contribution >= 4 is 18.4 Å². The standard InChI is InChI=1S/C14H18N4O2S/c1-9(2)13-16-17-14(21)18(13)15-8-10-6-5-7-11(19-3)12(10)20-4/h5-9H,1-4H3,(H,17,21)/b15-8-. The highest BCUT2D eigenvalue weighted by Gasteiger charge is 2.10. The Morgan fingerprint density at radius 1 is 1.33 bits per heavy atom. The van der Waals surface area contributed by atoms with Crippen LogP contribution in [0.15, 0.2) is 23.3 Å². The zero-order valence-electron chi connectivity index (χ0n) is 12.5. The minimum Gasteiger partial charge on any atom is -0.493 e. The minimum atomic E-state index is 0.210. The first-order valence-electron chi connectivity index (χ1n) is 6.51. The van der Waals surface area contributed by atoms with Crippen molar-refractivity contribution in [3.8, 4) is 11.5 Å². The molecule has 0 aliphatic heterocycles. The van der Waals surface area contributed by atoms with E-state index < -0.39 is 0 Å². The van der Waals surface area contributed by atoms with E-state index in [0.717, 1.165) is 11.4 Å². The van der Waals surface area contributed by atoms with E-state index in [2.05, 4.69) is 15.3 Å². The highest BCUT2D eigenvalue weighted by Crippen LogP contribution is 2.29. The molecule has 21 heavy (non-hydrogen) atoms. The molecule has 1 aromatic heterocycles. The van der Waals surface area contributed by atoms with Crippen molar-refractivity contribution in [3.63, 3.8) is 0 Å². The summed E-state index contributed by atoms with van der Waals surface area (Å²) in [6.45, 7) is 4.06. The highest BCUT2D eigenvalue weighted by molar-refractivity contribution is 7.71. The maximum atomic E-state index is 5.37. The van der Waals surface area contributed by atoms with Gasteiger partial charge in [-0.1, -0.05) is 19.9 Å². The molecule has 1 N–H and O–H groups in total. The van der Waals surface area contributed by atoms with Crippen LogP contribution in [-0.2, 0) is 0 Å². The van der Waals surface area contributed by atoms with Crippen LogP contribution in [0.3, 0.4) is 0 Å². The van der Waals surface area contributed by atoms with Crippen molar-refractivity contribution < 1.29 is 9.47 Å². The number of rotatable bonds is 5. The molecule has 6 nitrogen and oxygen atoms in total. The summed E-state index contributed by atoms with van der Waals surface area (Å²) in [5.41, 5.74) is 0.801. The van der Waals surface area contributed by atoms with Gasteiger partial charge in [0.2, 0.25) is 4.77 Å². The number of nitrogens with zero attached hydrogens (tertiary/aromatic N) is 3. The fraction of sp³-hybridized carbons (Fsp3) is 0.357. The van der Waals surface area contributed by atoms with Crippen LogP contribution in [0.2, 0.25) is 0 Å². The van der Waals surface area contributed by atoms with E-state index >= 15 is 0 Å². The van der Waals surface area contributed by atoms with Crippen LogP contribution in [0.1, 0.15) is 31.2 Å². The average Bonchev–Trinajstić information content (AvgIpc) is 2.85. The zero-order valence-corrected chi connectivity index (χ0v) is 13.3. The average molecular weight is 306 g/mol. The summed E-state index contributed by atoms with van der Waals surface area (Å²) in [4.78, 5) is 0. The van der Waals surface area contributed by atoms with Crippen LogP contribution in [0.5, 0.6) is 11.5 Å². The Morgan fingerprint density at radius 3 is 2.71 bits per heavy atom. The second kappa shape index (κ2) is 6.53. The van der Waals surface area contributed by atoms with Gasteiger partial charge in [0.15, 0.2) is 17.3 Å². The van der Waals surface area contributed by atoms with Gasteiger partial charge in [0, 0.05) is 11.5 Å². The summed E-state index contributed by atoms with van der Waals surface area (Å²) >= 11 is 5.19. The molecular weight excluding hydrogens is 288 g/mol. The fourth-order valence-electron chi connectivity index (χ4n) is 1.92. The first-order valence-corrected chi connectivity index (χ1v) is 6.92. The normalized spacial score (nSPS) is 11.3. The molecular formula is C14H18N4O2S. The van der Waals surface area contributed by atoms with Gasteiger partial charge in [0.05, 0.1) is 20.4 Å². The summed E-state index contributed by atoms with van der Waals surface area (Å²) < 4.78 is 12.7. The van der Waals surface area contributed by atoms with Crippen molar-refractivity contribution in [2.24, 2.45) is 5.10 Å². The number of aromatic amines is 1. The van der Waals surface area contributed by atoms with Gasteiger partial charge in [-0.3, -0.25) is 5.10 Å². The molecule has 0 aliphatic rings. The number of methoxy groups -OCH3 is 2. The van der Waals surface area contributed by atoms with Gasteiger partial charge in [0.1, 0.15) is 0 Å². The van der Waals surface area contributed by atoms with Crippen LogP contribution < -0.4 is 9.47 Å². The Labute approximate surface area is 128 Å². The van der Waals surface area contributed by atoms with Crippen molar-refractivity contribution in [3.05, 3.63) is 34.4 Å². The molecule has 0 bridgehead atoms. The van der Waals surface area contributed by atoms with E-state index in [1.165, 1.54) is 0 Å². The van der Waals surface area contributed by atoms with Crippen LogP contribution in [0, 0.1) is 4.77 Å². The van der Waals surface area contributed by atoms with E-state index in [9.17, 15) is 0 Å². The highest BCUT2D eigenvalue weighted by atomic mass is 32.1. The third-order valence-electron chi connectivity index (χ3n) is 2.94. The van der Waals surface area contributed by atoms with E-state index in [-0.39, 0.29) is 5.92 Å². The maximum absolute atomic E-state index is 5.37. The van der Waals surface area contributed by atoms with Crippen LogP contribution in [0.25, 0.3) is 0 Å². The number of ether oxygens (including phenoxy) is 2. The molecule has 2 aromatic rings. The summed E-state index contributed by atoms with van der Waals surface area (Å²) in [5.74, 6) is 2.27. The molecule has 0 radical (unpaired) electrons. The van der Waals surface area contributed by atoms with Crippen molar-refractivity contribution in [2.75, 3.05) is 14.2 Å². The molecule has 1 heterocycles. The Morgan fingerprint density at radius 2 is 2.10 bits per heavy atom. The molecule has 2 rings (SSSR count). The van der Waals surface area contributed by atoms with Crippen molar-refractivity contribution in [1.29, 1.82) is 0 Å². The lowest BCUT2D eigenvalue weighted by Crippen LogP contribution is -2.02. The van der Waals surface area contributed by atoms with Gasteiger partial charge in [-0.25, -0.2) is 0 Å². The number of H-pyrrole nitrogens is 1. The van der Waals surface area contributed by atoms with E-state index in [1.54, 1.807) is 25.1 Å². The smallest absolute Gasteiger partial charge is 0.216 e. The Kier molecular flexibility index (Phi) is 4.74. The molecule has 0 spiro atoms. The quantitative estimate of drug-likeness (QED) is 0.681. The van der Waals surface area contributed by atoms with Crippen molar-refractivity contribution in [2.45, 2.75) is 19.8 Å². The van der Waals surface area contributed by atoms with Gasteiger partial charge >= 0.3 is 0 Å². The van der Waals surface area contributed by atoms with E-state index in [0.29, 0.717) is 16.3 Å². The first-order chi connectivity index (χ1) is 10.1. The van der Waals surface area contributed by atoms with E-state index in [1.807, 2.05) is 32.0 Å². The second-order valence-electron chi connectivity index (χ2n) is 4.68. The first kappa shape index (κ1) is 15.2. The summed E-state index contributed by atoms with van der Waals surface area (Å²) in [7, 11) is 3.19. The second-order valence-corrected chi connectivity index (χ2v) is 5.07. The predicted molar refractivity (Wildman–Crippen MR) is 84.0 cm³/mol. The predicted octanol–water partition coefficient (Wildman–Crippen LogP) is 2.96. The molecule has 7 heteroatoms. The number of aromatic nitrogens is 3. The van der Waals surface area contributed by atoms with E-state index in [4.69, 9.17) is 21.7 Å². The van der Waals surface area contributed by atoms with Crippen LogP contribution in [-0.4, -0.2) is 35.3 Å². The van der Waals surface area contributed by atoms with Gasteiger partial charge < -0.3 is 9.47 Å². The van der Waals surface area contributed by atoms with Crippen molar-refractivity contribution in [1.82, 2.24) is 14.9 Å². The van der Waals surface area contributed by atoms with Crippen LogP contribution in [0.4, 0.5) is 0 Å². The molecule has 0 fully saturated rings. The molecule has 0 atom stereocenters. The third-order valence-corrected chi connectivity index (χ3v) is 3.20. The van der Waals surface area contributed by atoms with Gasteiger partial charge in [-0.2, -0.15) is 14.9 Å². The van der Waals surface area contributed by atoms with Gasteiger partial charge in [-0.05, 0) is 24.4 Å². The Hall–Kier alpha value is -2.15. The Balaban J connectivity index is 2.43.